The summed E-state index contributed by atoms with van der Waals surface area (Å²) in [7, 11) is 0. The highest BCUT2D eigenvalue weighted by molar-refractivity contribution is 5.70. The molecule has 1 fully saturated rings. The first kappa shape index (κ1) is 16.3. The summed E-state index contributed by atoms with van der Waals surface area (Å²) in [6.45, 7) is 11.4. The number of aryl methyl sites for hydroxylation is 1. The van der Waals surface area contributed by atoms with Crippen LogP contribution in [0, 0.1) is 33.6 Å². The Hall–Kier alpha value is -1.56. The lowest BCUT2D eigenvalue weighted by Crippen LogP contribution is -2.10. The van der Waals surface area contributed by atoms with Crippen LogP contribution >= 0.6 is 0 Å². The lowest BCUT2D eigenvalue weighted by Gasteiger charge is -2.26. The molecule has 0 amide bonds. The van der Waals surface area contributed by atoms with Gasteiger partial charge in [-0.1, -0.05) is 50.1 Å². The first-order valence-corrected chi connectivity index (χ1v) is 9.15. The van der Waals surface area contributed by atoms with Crippen molar-refractivity contribution >= 4 is 0 Å². The van der Waals surface area contributed by atoms with Crippen molar-refractivity contribution in [1.82, 2.24) is 0 Å². The summed E-state index contributed by atoms with van der Waals surface area (Å²) in [5, 5.41) is 0. The van der Waals surface area contributed by atoms with E-state index in [4.69, 9.17) is 0 Å². The molecule has 0 nitrogen and oxygen atoms in total. The normalized spacial score (nSPS) is 21.4. The van der Waals surface area contributed by atoms with Gasteiger partial charge in [-0.3, -0.25) is 0 Å². The monoisotopic (exact) mass is 306 g/mol. The molecule has 0 aliphatic heterocycles. The van der Waals surface area contributed by atoms with Crippen LogP contribution in [-0.2, 0) is 0 Å². The maximum Gasteiger partial charge on any atom is -0.0149 e. The Labute approximate surface area is 141 Å². The Kier molecular flexibility index (Phi) is 4.62. The minimum atomic E-state index is 0.780. The molecule has 1 saturated carbocycles. The van der Waals surface area contributed by atoms with E-state index in [-0.39, 0.29) is 0 Å². The smallest absolute Gasteiger partial charge is 0.0149 e. The fourth-order valence-electron chi connectivity index (χ4n) is 4.04. The second-order valence-electron chi connectivity index (χ2n) is 7.69. The van der Waals surface area contributed by atoms with E-state index in [9.17, 15) is 0 Å². The van der Waals surface area contributed by atoms with Crippen LogP contribution in [0.1, 0.15) is 66.3 Å². The summed E-state index contributed by atoms with van der Waals surface area (Å²) in [6, 6.07) is 11.8. The molecule has 0 radical (unpaired) electrons. The highest BCUT2D eigenvalue weighted by Gasteiger charge is 2.19. The highest BCUT2D eigenvalue weighted by atomic mass is 14.2. The Morgan fingerprint density at radius 3 is 1.96 bits per heavy atom. The Morgan fingerprint density at radius 2 is 1.35 bits per heavy atom. The van der Waals surface area contributed by atoms with E-state index in [0.717, 1.165) is 11.8 Å². The van der Waals surface area contributed by atoms with E-state index >= 15 is 0 Å². The summed E-state index contributed by atoms with van der Waals surface area (Å²) >= 11 is 0. The van der Waals surface area contributed by atoms with Gasteiger partial charge in [-0.25, -0.2) is 0 Å². The zero-order valence-corrected chi connectivity index (χ0v) is 15.4. The molecule has 0 heterocycles. The van der Waals surface area contributed by atoms with E-state index in [1.807, 2.05) is 0 Å². The van der Waals surface area contributed by atoms with Gasteiger partial charge in [0, 0.05) is 0 Å². The predicted molar refractivity (Wildman–Crippen MR) is 101 cm³/mol. The van der Waals surface area contributed by atoms with Crippen molar-refractivity contribution in [2.75, 3.05) is 0 Å². The molecule has 0 N–H and O–H groups in total. The van der Waals surface area contributed by atoms with Crippen LogP contribution in [0.25, 0.3) is 11.1 Å². The standard InChI is InChI=1S/C23H30/c1-15-6-8-20(9-7-15)21-10-12-22(13-11-21)23-14-16(2)17(3)18(4)19(23)5/h10-15,20H,6-9H2,1-5H3. The second kappa shape index (κ2) is 6.51. The zero-order chi connectivity index (χ0) is 16.6. The van der Waals surface area contributed by atoms with Gasteiger partial charge in [-0.2, -0.15) is 0 Å². The van der Waals surface area contributed by atoms with Crippen LogP contribution in [0.3, 0.4) is 0 Å². The number of benzene rings is 2. The molecule has 1 aliphatic carbocycles. The maximum atomic E-state index is 2.39. The summed E-state index contributed by atoms with van der Waals surface area (Å²) in [4.78, 5) is 0. The summed E-state index contributed by atoms with van der Waals surface area (Å²) in [5.74, 6) is 1.70. The van der Waals surface area contributed by atoms with Crippen LogP contribution in [-0.4, -0.2) is 0 Å². The van der Waals surface area contributed by atoms with Crippen molar-refractivity contribution in [3.8, 4) is 11.1 Å². The molecule has 23 heavy (non-hydrogen) atoms. The third-order valence-corrected chi connectivity index (χ3v) is 6.19. The van der Waals surface area contributed by atoms with Gasteiger partial charge < -0.3 is 0 Å². The lowest BCUT2D eigenvalue weighted by atomic mass is 9.79. The Morgan fingerprint density at radius 1 is 0.739 bits per heavy atom. The van der Waals surface area contributed by atoms with E-state index in [1.54, 1.807) is 5.56 Å². The maximum absolute atomic E-state index is 2.39. The first-order valence-electron chi connectivity index (χ1n) is 9.15. The van der Waals surface area contributed by atoms with Crippen LogP contribution in [0.15, 0.2) is 30.3 Å². The number of hydrogen-bond acceptors (Lipinski definition) is 0. The lowest BCUT2D eigenvalue weighted by molar-refractivity contribution is 0.348. The molecule has 2 aromatic rings. The Balaban J connectivity index is 1.88. The number of rotatable bonds is 2. The molecule has 0 saturated heterocycles. The molecule has 0 aromatic heterocycles. The van der Waals surface area contributed by atoms with Gasteiger partial charge in [-0.05, 0) is 91.3 Å². The largest absolute Gasteiger partial charge is 0.0625 e. The minimum absolute atomic E-state index is 0.780. The minimum Gasteiger partial charge on any atom is -0.0625 e. The van der Waals surface area contributed by atoms with Crippen LogP contribution in [0.2, 0.25) is 0 Å². The molecule has 0 bridgehead atoms. The Bertz CT molecular complexity index is 683. The summed E-state index contributed by atoms with van der Waals surface area (Å²) < 4.78 is 0. The third kappa shape index (κ3) is 3.22. The summed E-state index contributed by atoms with van der Waals surface area (Å²) in [5.41, 5.74) is 9.99. The average molecular weight is 306 g/mol. The van der Waals surface area contributed by atoms with Gasteiger partial charge in [0.05, 0.1) is 0 Å². The highest BCUT2D eigenvalue weighted by Crippen LogP contribution is 2.37. The van der Waals surface area contributed by atoms with E-state index in [1.165, 1.54) is 59.1 Å². The molecule has 0 heteroatoms. The van der Waals surface area contributed by atoms with E-state index in [2.05, 4.69) is 65.0 Å². The fourth-order valence-corrected chi connectivity index (χ4v) is 4.04. The zero-order valence-electron chi connectivity index (χ0n) is 15.4. The van der Waals surface area contributed by atoms with Crippen molar-refractivity contribution < 1.29 is 0 Å². The first-order chi connectivity index (χ1) is 11.0. The van der Waals surface area contributed by atoms with Crippen molar-refractivity contribution in [1.29, 1.82) is 0 Å². The van der Waals surface area contributed by atoms with Crippen molar-refractivity contribution in [3.05, 3.63) is 58.1 Å². The molecule has 0 atom stereocenters. The fraction of sp³-hybridized carbons (Fsp3) is 0.478. The van der Waals surface area contributed by atoms with E-state index < -0.39 is 0 Å². The van der Waals surface area contributed by atoms with Gasteiger partial charge in [-0.15, -0.1) is 0 Å². The van der Waals surface area contributed by atoms with Crippen molar-refractivity contribution in [3.63, 3.8) is 0 Å². The van der Waals surface area contributed by atoms with Crippen LogP contribution in [0.4, 0.5) is 0 Å². The van der Waals surface area contributed by atoms with Gasteiger partial charge >= 0.3 is 0 Å². The average Bonchev–Trinajstić information content (AvgIpc) is 2.57. The molecule has 0 spiro atoms. The van der Waals surface area contributed by atoms with Gasteiger partial charge in [0.1, 0.15) is 0 Å². The molecule has 122 valence electrons. The van der Waals surface area contributed by atoms with Crippen LogP contribution < -0.4 is 0 Å². The third-order valence-electron chi connectivity index (χ3n) is 6.19. The molecule has 0 unspecified atom stereocenters. The van der Waals surface area contributed by atoms with Gasteiger partial charge in [0.2, 0.25) is 0 Å². The second-order valence-corrected chi connectivity index (χ2v) is 7.69. The molecule has 3 rings (SSSR count). The van der Waals surface area contributed by atoms with E-state index in [0.29, 0.717) is 0 Å². The van der Waals surface area contributed by atoms with Crippen molar-refractivity contribution in [2.24, 2.45) is 5.92 Å². The molecular formula is C23H30. The topological polar surface area (TPSA) is 0 Å². The number of hydrogen-bond donors (Lipinski definition) is 0. The summed E-state index contributed by atoms with van der Waals surface area (Å²) in [6.07, 6.45) is 5.51. The van der Waals surface area contributed by atoms with Crippen LogP contribution in [0.5, 0.6) is 0 Å². The van der Waals surface area contributed by atoms with Gasteiger partial charge in [0.15, 0.2) is 0 Å². The van der Waals surface area contributed by atoms with Gasteiger partial charge in [0.25, 0.3) is 0 Å². The SMILES string of the molecule is Cc1cc(-c2ccc(C3CCC(C)CC3)cc2)c(C)c(C)c1C. The quantitative estimate of drug-likeness (QED) is 0.567. The molecule has 1 aliphatic rings. The predicted octanol–water partition coefficient (Wildman–Crippen LogP) is 6.88. The molecular weight excluding hydrogens is 276 g/mol. The van der Waals surface area contributed by atoms with Crippen molar-refractivity contribution in [2.45, 2.75) is 66.2 Å². The molecule has 2 aromatic carbocycles.